The number of aromatic nitrogens is 2. The quantitative estimate of drug-likeness (QED) is 0.597. The molecule has 0 radical (unpaired) electrons. The van der Waals surface area contributed by atoms with Crippen LogP contribution in [0.4, 0.5) is 11.8 Å². The van der Waals surface area contributed by atoms with E-state index in [2.05, 4.69) is 27.0 Å². The van der Waals surface area contributed by atoms with Gasteiger partial charge in [0.25, 0.3) is 0 Å². The predicted molar refractivity (Wildman–Crippen MR) is 122 cm³/mol. The van der Waals surface area contributed by atoms with Crippen LogP contribution in [-0.4, -0.2) is 28.7 Å². The Hall–Kier alpha value is -3.01. The SMILES string of the molecule is N#Cc1nc(N2CCC3(CC2)Cc2ccccc2O3)nc(N)c1-c1cccc(Cl)c1Cl. The molecule has 0 saturated carbocycles. The lowest BCUT2D eigenvalue weighted by Gasteiger charge is -2.38. The molecule has 2 aromatic carbocycles. The molecule has 6 nitrogen and oxygen atoms in total. The van der Waals surface area contributed by atoms with E-state index >= 15 is 0 Å². The molecular weight excluding hydrogens is 433 g/mol. The van der Waals surface area contributed by atoms with E-state index < -0.39 is 0 Å². The number of piperidine rings is 1. The van der Waals surface area contributed by atoms with Gasteiger partial charge in [-0.1, -0.05) is 53.5 Å². The Kier molecular flexibility index (Phi) is 4.88. The number of rotatable bonds is 2. The average molecular weight is 452 g/mol. The highest BCUT2D eigenvalue weighted by Gasteiger charge is 2.42. The second-order valence-corrected chi connectivity index (χ2v) is 8.69. The van der Waals surface area contributed by atoms with Crippen molar-refractivity contribution in [2.45, 2.75) is 24.9 Å². The van der Waals surface area contributed by atoms with Gasteiger partial charge < -0.3 is 15.4 Å². The molecule has 3 aromatic rings. The molecule has 1 fully saturated rings. The summed E-state index contributed by atoms with van der Waals surface area (Å²) in [7, 11) is 0. The van der Waals surface area contributed by atoms with Gasteiger partial charge in [0.1, 0.15) is 23.2 Å². The van der Waals surface area contributed by atoms with Gasteiger partial charge in [-0.3, -0.25) is 0 Å². The van der Waals surface area contributed by atoms with Crippen LogP contribution in [0.1, 0.15) is 24.1 Å². The monoisotopic (exact) mass is 451 g/mol. The number of benzene rings is 2. The first-order valence-corrected chi connectivity index (χ1v) is 10.8. The lowest BCUT2D eigenvalue weighted by molar-refractivity contribution is 0.0665. The summed E-state index contributed by atoms with van der Waals surface area (Å²) in [5.41, 5.74) is 8.47. The molecule has 3 heterocycles. The van der Waals surface area contributed by atoms with E-state index in [0.717, 1.165) is 38.1 Å². The lowest BCUT2D eigenvalue weighted by atomic mass is 9.87. The molecule has 2 aliphatic heterocycles. The van der Waals surface area contributed by atoms with Gasteiger partial charge in [0.2, 0.25) is 5.95 Å². The fraction of sp³-hybridized carbons (Fsp3) is 0.261. The maximum absolute atomic E-state index is 9.74. The van der Waals surface area contributed by atoms with Crippen molar-refractivity contribution in [2.75, 3.05) is 23.7 Å². The van der Waals surface area contributed by atoms with Crippen LogP contribution < -0.4 is 15.4 Å². The predicted octanol–water partition coefficient (Wildman–Crippen LogP) is 4.88. The van der Waals surface area contributed by atoms with Crippen LogP contribution in [0.15, 0.2) is 42.5 Å². The highest BCUT2D eigenvalue weighted by atomic mass is 35.5. The van der Waals surface area contributed by atoms with E-state index in [1.54, 1.807) is 18.2 Å². The summed E-state index contributed by atoms with van der Waals surface area (Å²) >= 11 is 12.5. The zero-order valence-electron chi connectivity index (χ0n) is 16.6. The van der Waals surface area contributed by atoms with Crippen molar-refractivity contribution in [3.63, 3.8) is 0 Å². The molecule has 156 valence electrons. The van der Waals surface area contributed by atoms with Crippen LogP contribution in [0.3, 0.4) is 0 Å². The first-order valence-electron chi connectivity index (χ1n) is 10.0. The van der Waals surface area contributed by atoms with Crippen molar-refractivity contribution in [3.8, 4) is 22.9 Å². The maximum atomic E-state index is 9.74. The van der Waals surface area contributed by atoms with Crippen molar-refractivity contribution in [1.82, 2.24) is 9.97 Å². The number of anilines is 2. The number of hydrogen-bond donors (Lipinski definition) is 1. The second-order valence-electron chi connectivity index (χ2n) is 7.90. The zero-order chi connectivity index (χ0) is 21.6. The molecule has 1 spiro atoms. The minimum absolute atomic E-state index is 0.177. The number of fused-ring (bicyclic) bond motifs is 1. The summed E-state index contributed by atoms with van der Waals surface area (Å²) in [6.07, 6.45) is 2.60. The third kappa shape index (κ3) is 3.44. The summed E-state index contributed by atoms with van der Waals surface area (Å²) in [5, 5.41) is 10.4. The standard InChI is InChI=1S/C23H19Cl2N5O/c24-16-6-3-5-15(20(16)25)19-17(13-26)28-22(29-21(19)27)30-10-8-23(9-11-30)12-14-4-1-2-7-18(14)31-23/h1-7H,8-12H2,(H2,27,28,29). The first kappa shape index (κ1) is 19.9. The summed E-state index contributed by atoms with van der Waals surface area (Å²) in [6.45, 7) is 1.44. The topological polar surface area (TPSA) is 88.1 Å². The molecule has 8 heteroatoms. The van der Waals surface area contributed by atoms with Gasteiger partial charge in [0, 0.05) is 37.9 Å². The van der Waals surface area contributed by atoms with E-state index in [4.69, 9.17) is 33.7 Å². The molecule has 0 atom stereocenters. The van der Waals surface area contributed by atoms with Crippen LogP contribution >= 0.6 is 23.2 Å². The molecule has 2 N–H and O–H groups in total. The fourth-order valence-electron chi connectivity index (χ4n) is 4.41. The Balaban J connectivity index is 1.41. The van der Waals surface area contributed by atoms with Gasteiger partial charge in [0.15, 0.2) is 5.69 Å². The molecular formula is C23H19Cl2N5O. The molecule has 2 aliphatic rings. The Morgan fingerprint density at radius 2 is 1.84 bits per heavy atom. The number of halogens is 2. The number of nitrogens with zero attached hydrogens (tertiary/aromatic N) is 4. The molecule has 0 bridgehead atoms. The van der Waals surface area contributed by atoms with Gasteiger partial charge in [-0.2, -0.15) is 10.2 Å². The Morgan fingerprint density at radius 1 is 1.06 bits per heavy atom. The lowest BCUT2D eigenvalue weighted by Crippen LogP contribution is -2.48. The Bertz CT molecular complexity index is 1190. The minimum Gasteiger partial charge on any atom is -0.487 e. The minimum atomic E-state index is -0.182. The zero-order valence-corrected chi connectivity index (χ0v) is 18.1. The highest BCUT2D eigenvalue weighted by Crippen LogP contribution is 2.42. The smallest absolute Gasteiger partial charge is 0.228 e. The molecule has 0 aliphatic carbocycles. The molecule has 0 unspecified atom stereocenters. The molecule has 5 rings (SSSR count). The summed E-state index contributed by atoms with van der Waals surface area (Å²) < 4.78 is 6.32. The van der Waals surface area contributed by atoms with Crippen LogP contribution in [0, 0.1) is 11.3 Å². The molecule has 0 amide bonds. The van der Waals surface area contributed by atoms with E-state index in [9.17, 15) is 5.26 Å². The fourth-order valence-corrected chi connectivity index (χ4v) is 4.80. The van der Waals surface area contributed by atoms with Gasteiger partial charge in [0.05, 0.1) is 15.6 Å². The largest absolute Gasteiger partial charge is 0.487 e. The Labute approximate surface area is 190 Å². The van der Waals surface area contributed by atoms with Gasteiger partial charge in [-0.25, -0.2) is 4.98 Å². The second kappa shape index (κ2) is 7.60. The van der Waals surface area contributed by atoms with Crippen molar-refractivity contribution in [1.29, 1.82) is 5.26 Å². The summed E-state index contributed by atoms with van der Waals surface area (Å²) in [6, 6.07) is 15.5. The van der Waals surface area contributed by atoms with E-state index in [1.807, 2.05) is 18.2 Å². The van der Waals surface area contributed by atoms with E-state index in [1.165, 1.54) is 5.56 Å². The number of hydrogen-bond acceptors (Lipinski definition) is 6. The van der Waals surface area contributed by atoms with Crippen molar-refractivity contribution >= 4 is 35.0 Å². The summed E-state index contributed by atoms with van der Waals surface area (Å²) in [5.74, 6) is 1.63. The van der Waals surface area contributed by atoms with E-state index in [-0.39, 0.29) is 17.1 Å². The average Bonchev–Trinajstić information content (AvgIpc) is 3.13. The van der Waals surface area contributed by atoms with E-state index in [0.29, 0.717) is 27.1 Å². The van der Waals surface area contributed by atoms with Crippen molar-refractivity contribution in [2.24, 2.45) is 0 Å². The van der Waals surface area contributed by atoms with Gasteiger partial charge >= 0.3 is 0 Å². The number of para-hydroxylation sites is 1. The number of nitrogens with two attached hydrogens (primary N) is 1. The number of nitriles is 1. The van der Waals surface area contributed by atoms with Crippen LogP contribution in [0.25, 0.3) is 11.1 Å². The first-order chi connectivity index (χ1) is 15.0. The van der Waals surface area contributed by atoms with Crippen molar-refractivity contribution < 1.29 is 4.74 Å². The molecule has 31 heavy (non-hydrogen) atoms. The van der Waals surface area contributed by atoms with Crippen molar-refractivity contribution in [3.05, 3.63) is 63.8 Å². The number of ether oxygens (including phenoxy) is 1. The third-order valence-corrected chi connectivity index (χ3v) is 6.84. The highest BCUT2D eigenvalue weighted by molar-refractivity contribution is 6.43. The number of nitrogen functional groups attached to an aromatic ring is 1. The van der Waals surface area contributed by atoms with Crippen LogP contribution in [0.2, 0.25) is 10.0 Å². The van der Waals surface area contributed by atoms with Crippen LogP contribution in [0.5, 0.6) is 5.75 Å². The third-order valence-electron chi connectivity index (χ3n) is 6.02. The molecule has 1 aromatic heterocycles. The summed E-state index contributed by atoms with van der Waals surface area (Å²) in [4.78, 5) is 11.1. The van der Waals surface area contributed by atoms with Gasteiger partial charge in [-0.15, -0.1) is 0 Å². The Morgan fingerprint density at radius 3 is 2.58 bits per heavy atom. The maximum Gasteiger partial charge on any atom is 0.228 e. The van der Waals surface area contributed by atoms with Crippen LogP contribution in [-0.2, 0) is 6.42 Å². The molecule has 1 saturated heterocycles. The van der Waals surface area contributed by atoms with Gasteiger partial charge in [-0.05, 0) is 17.7 Å². The normalized spacial score (nSPS) is 16.6.